The summed E-state index contributed by atoms with van der Waals surface area (Å²) in [6, 6.07) is 2.80. The van der Waals surface area contributed by atoms with E-state index in [-0.39, 0.29) is 24.5 Å². The van der Waals surface area contributed by atoms with Crippen molar-refractivity contribution < 1.29 is 28.6 Å². The van der Waals surface area contributed by atoms with E-state index in [1.54, 1.807) is 6.07 Å². The molecule has 186 valence electrons. The average molecular weight is 494 g/mol. The average Bonchev–Trinajstić information content (AvgIpc) is 2.76. The molecule has 9 nitrogen and oxygen atoms in total. The molecule has 0 aliphatic heterocycles. The fourth-order valence-electron chi connectivity index (χ4n) is 6.19. The summed E-state index contributed by atoms with van der Waals surface area (Å²) in [4.78, 5) is 36.6. The number of hydrogen-bond acceptors (Lipinski definition) is 6. The third kappa shape index (κ3) is 5.68. The van der Waals surface area contributed by atoms with Crippen LogP contribution in [0.15, 0.2) is 12.1 Å². The van der Waals surface area contributed by atoms with Gasteiger partial charge in [0.15, 0.2) is 6.61 Å². The molecule has 5 rings (SSSR count). The summed E-state index contributed by atoms with van der Waals surface area (Å²) in [6.45, 7) is -0.328. The Bertz CT molecular complexity index is 918. The minimum atomic E-state index is -0.579. The van der Waals surface area contributed by atoms with Gasteiger partial charge in [-0.1, -0.05) is 11.6 Å². The van der Waals surface area contributed by atoms with E-state index in [0.717, 1.165) is 37.0 Å². The van der Waals surface area contributed by atoms with Crippen molar-refractivity contribution >= 4 is 35.2 Å². The Labute approximate surface area is 204 Å². The molecule has 34 heavy (non-hydrogen) atoms. The van der Waals surface area contributed by atoms with Crippen molar-refractivity contribution in [2.24, 2.45) is 17.8 Å². The van der Waals surface area contributed by atoms with E-state index in [9.17, 15) is 14.4 Å². The Balaban J connectivity index is 1.16. The van der Waals surface area contributed by atoms with Gasteiger partial charge in [-0.25, -0.2) is 4.79 Å². The SMILES string of the molecule is COc1cc(OC)c(NC(=O)COC(=O)CCNC(=O)NC23CC4CC(CC(C4)C2)C3)cc1Cl. The maximum atomic E-state index is 12.4. The molecule has 3 amide bonds. The van der Waals surface area contributed by atoms with Gasteiger partial charge in [0, 0.05) is 18.2 Å². The molecule has 0 radical (unpaired) electrons. The smallest absolute Gasteiger partial charge is 0.315 e. The summed E-state index contributed by atoms with van der Waals surface area (Å²) in [6.07, 6.45) is 7.08. The molecular weight excluding hydrogens is 462 g/mol. The Morgan fingerprint density at radius 3 is 2.21 bits per heavy atom. The molecule has 4 saturated carbocycles. The predicted octanol–water partition coefficient (Wildman–Crippen LogP) is 3.50. The zero-order chi connectivity index (χ0) is 24.3. The maximum Gasteiger partial charge on any atom is 0.315 e. The van der Waals surface area contributed by atoms with Crippen molar-refractivity contribution in [1.82, 2.24) is 10.6 Å². The van der Waals surface area contributed by atoms with Gasteiger partial charge >= 0.3 is 12.0 Å². The van der Waals surface area contributed by atoms with Gasteiger partial charge in [0.25, 0.3) is 5.91 Å². The third-order valence-corrected chi connectivity index (χ3v) is 7.44. The van der Waals surface area contributed by atoms with Crippen LogP contribution >= 0.6 is 11.6 Å². The van der Waals surface area contributed by atoms with Crippen LogP contribution in [0.1, 0.15) is 44.9 Å². The molecule has 0 spiro atoms. The minimum Gasteiger partial charge on any atom is -0.495 e. The number of benzene rings is 1. The largest absolute Gasteiger partial charge is 0.495 e. The second kappa shape index (κ2) is 10.3. The Hall–Kier alpha value is -2.68. The van der Waals surface area contributed by atoms with E-state index in [1.165, 1.54) is 39.5 Å². The van der Waals surface area contributed by atoms with E-state index in [1.807, 2.05) is 0 Å². The number of esters is 1. The summed E-state index contributed by atoms with van der Waals surface area (Å²) >= 11 is 6.09. The van der Waals surface area contributed by atoms with Crippen LogP contribution in [-0.2, 0) is 14.3 Å². The molecule has 1 aromatic carbocycles. The number of methoxy groups -OCH3 is 2. The van der Waals surface area contributed by atoms with E-state index < -0.39 is 18.5 Å². The zero-order valence-electron chi connectivity index (χ0n) is 19.6. The molecule has 0 atom stereocenters. The van der Waals surface area contributed by atoms with E-state index >= 15 is 0 Å². The van der Waals surface area contributed by atoms with Crippen LogP contribution in [0.5, 0.6) is 11.5 Å². The monoisotopic (exact) mass is 493 g/mol. The van der Waals surface area contributed by atoms with Gasteiger partial charge in [-0.05, 0) is 62.3 Å². The first-order valence-electron chi connectivity index (χ1n) is 11.7. The van der Waals surface area contributed by atoms with Gasteiger partial charge in [0.2, 0.25) is 0 Å². The highest BCUT2D eigenvalue weighted by atomic mass is 35.5. The van der Waals surface area contributed by atoms with Crippen LogP contribution in [0.2, 0.25) is 5.02 Å². The highest BCUT2D eigenvalue weighted by molar-refractivity contribution is 6.32. The second-order valence-corrected chi connectivity index (χ2v) is 10.1. The first-order chi connectivity index (χ1) is 16.3. The summed E-state index contributed by atoms with van der Waals surface area (Å²) in [5.41, 5.74) is 0.250. The number of carbonyl (C=O) groups excluding carboxylic acids is 3. The molecule has 0 aromatic heterocycles. The lowest BCUT2D eigenvalue weighted by Gasteiger charge is -2.56. The zero-order valence-corrected chi connectivity index (χ0v) is 20.3. The quantitative estimate of drug-likeness (QED) is 0.453. The summed E-state index contributed by atoms with van der Waals surface area (Å²) < 4.78 is 15.4. The molecule has 4 aliphatic carbocycles. The highest BCUT2D eigenvalue weighted by Crippen LogP contribution is 2.55. The summed E-state index contributed by atoms with van der Waals surface area (Å²) in [5.74, 6) is 1.85. The van der Waals surface area contributed by atoms with Crippen molar-refractivity contribution in [1.29, 1.82) is 0 Å². The Morgan fingerprint density at radius 2 is 1.62 bits per heavy atom. The Kier molecular flexibility index (Phi) is 7.40. The number of nitrogens with one attached hydrogen (secondary N) is 3. The van der Waals surface area contributed by atoms with E-state index in [4.69, 9.17) is 25.8 Å². The van der Waals surface area contributed by atoms with E-state index in [0.29, 0.717) is 22.2 Å². The molecule has 0 heterocycles. The van der Waals surface area contributed by atoms with Crippen LogP contribution in [0.4, 0.5) is 10.5 Å². The number of carbonyl (C=O) groups is 3. The van der Waals surface area contributed by atoms with E-state index in [2.05, 4.69) is 16.0 Å². The summed E-state index contributed by atoms with van der Waals surface area (Å²) in [7, 11) is 2.92. The van der Waals surface area contributed by atoms with Crippen LogP contribution in [0.25, 0.3) is 0 Å². The van der Waals surface area contributed by atoms with Gasteiger partial charge in [-0.2, -0.15) is 0 Å². The maximum absolute atomic E-state index is 12.4. The third-order valence-electron chi connectivity index (χ3n) is 7.14. The van der Waals surface area contributed by atoms with Crippen molar-refractivity contribution in [2.45, 2.75) is 50.5 Å². The number of hydrogen-bond donors (Lipinski definition) is 3. The number of halogens is 1. The normalized spacial score (nSPS) is 26.5. The highest BCUT2D eigenvalue weighted by Gasteiger charge is 2.51. The van der Waals surface area contributed by atoms with Crippen LogP contribution in [-0.4, -0.2) is 50.8 Å². The number of rotatable bonds is 9. The van der Waals surface area contributed by atoms with Crippen LogP contribution < -0.4 is 25.4 Å². The first kappa shape index (κ1) is 24.4. The number of amides is 3. The summed E-state index contributed by atoms with van der Waals surface area (Å²) in [5, 5.41) is 8.85. The standard InChI is InChI=1S/C24H32ClN3O6/c1-32-19-9-20(33-2)18(8-17(19)25)27-21(29)13-34-22(30)3-4-26-23(31)28-24-10-14-5-15(11-24)7-16(6-14)12-24/h8-9,14-16H,3-7,10-13H2,1-2H3,(H,27,29)(H2,26,28,31). The molecule has 10 heteroatoms. The molecule has 4 aliphatic rings. The van der Waals surface area contributed by atoms with Crippen molar-refractivity contribution in [2.75, 3.05) is 32.7 Å². The lowest BCUT2D eigenvalue weighted by Crippen LogP contribution is -2.61. The first-order valence-corrected chi connectivity index (χ1v) is 12.1. The minimum absolute atomic E-state index is 0.0285. The van der Waals surface area contributed by atoms with Gasteiger partial charge < -0.3 is 30.2 Å². The topological polar surface area (TPSA) is 115 Å². The van der Waals surface area contributed by atoms with Crippen LogP contribution in [0, 0.1) is 17.8 Å². The van der Waals surface area contributed by atoms with Crippen molar-refractivity contribution in [3.8, 4) is 11.5 Å². The molecular formula is C24H32ClN3O6. The fraction of sp³-hybridized carbons (Fsp3) is 0.625. The van der Waals surface area contributed by atoms with Gasteiger partial charge in [0.05, 0.1) is 31.4 Å². The van der Waals surface area contributed by atoms with Gasteiger partial charge in [0.1, 0.15) is 11.5 Å². The van der Waals surface area contributed by atoms with Crippen LogP contribution in [0.3, 0.4) is 0 Å². The fourth-order valence-corrected chi connectivity index (χ4v) is 6.43. The Morgan fingerprint density at radius 1 is 1.00 bits per heavy atom. The second-order valence-electron chi connectivity index (χ2n) is 9.72. The molecule has 4 bridgehead atoms. The number of urea groups is 1. The molecule has 3 N–H and O–H groups in total. The van der Waals surface area contributed by atoms with Crippen molar-refractivity contribution in [3.05, 3.63) is 17.2 Å². The van der Waals surface area contributed by atoms with Gasteiger partial charge in [-0.15, -0.1) is 0 Å². The molecule has 4 fully saturated rings. The molecule has 1 aromatic rings. The number of anilines is 1. The lowest BCUT2D eigenvalue weighted by atomic mass is 9.53. The lowest BCUT2D eigenvalue weighted by molar-refractivity contribution is -0.147. The molecule has 0 unspecified atom stereocenters. The number of ether oxygens (including phenoxy) is 3. The van der Waals surface area contributed by atoms with Crippen molar-refractivity contribution in [3.63, 3.8) is 0 Å². The molecule has 0 saturated heterocycles. The van der Waals surface area contributed by atoms with Gasteiger partial charge in [-0.3, -0.25) is 9.59 Å². The predicted molar refractivity (Wildman–Crippen MR) is 126 cm³/mol.